The Kier molecular flexibility index (Phi) is 6.28. The summed E-state index contributed by atoms with van der Waals surface area (Å²) in [5.41, 5.74) is 6.40. The lowest BCUT2D eigenvalue weighted by molar-refractivity contribution is 0.271. The highest BCUT2D eigenvalue weighted by Gasteiger charge is 2.39. The van der Waals surface area contributed by atoms with Crippen molar-refractivity contribution < 1.29 is 4.74 Å². The van der Waals surface area contributed by atoms with Crippen molar-refractivity contribution in [1.29, 1.82) is 0 Å². The minimum absolute atomic E-state index is 0.0557. The molecule has 0 N–H and O–H groups in total. The van der Waals surface area contributed by atoms with Gasteiger partial charge in [-0.05, 0) is 67.7 Å². The standard InChI is InChI=1S/C45H29N3O/c1-3-12-28(13-4-1)43-46-44(29-14-5-2-6-15-29)48-45(47-43)37-20-11-21-41-42(37)39-27-31(23-25-40(39)49-41)30-22-24-36-34-18-8-7-16-32(34)33-17-9-10-19-35(33)38(36)26-30/h1-27,41-42H. The number of hydrogen-bond donors (Lipinski definition) is 0. The molecule has 0 spiro atoms. The molecule has 10 rings (SSSR count). The van der Waals surface area contributed by atoms with Gasteiger partial charge < -0.3 is 4.74 Å². The molecule has 0 fully saturated rings. The molecule has 2 aliphatic rings. The normalized spacial score (nSPS) is 16.4. The molecule has 2 atom stereocenters. The van der Waals surface area contributed by atoms with Crippen LogP contribution in [0.25, 0.3) is 71.8 Å². The van der Waals surface area contributed by atoms with Crippen molar-refractivity contribution in [2.24, 2.45) is 0 Å². The summed E-state index contributed by atoms with van der Waals surface area (Å²) in [7, 11) is 0. The van der Waals surface area contributed by atoms with Gasteiger partial charge in [0.25, 0.3) is 0 Å². The number of hydrogen-bond acceptors (Lipinski definition) is 4. The lowest BCUT2D eigenvalue weighted by Gasteiger charge is -2.22. The Bertz CT molecular complexity index is 2550. The topological polar surface area (TPSA) is 47.9 Å². The molecule has 2 heterocycles. The lowest BCUT2D eigenvalue weighted by Crippen LogP contribution is -2.20. The van der Waals surface area contributed by atoms with Gasteiger partial charge in [-0.25, -0.2) is 15.0 Å². The molecule has 230 valence electrons. The number of benzene rings is 7. The van der Waals surface area contributed by atoms with E-state index in [1.54, 1.807) is 0 Å². The van der Waals surface area contributed by atoms with E-state index in [4.69, 9.17) is 19.7 Å². The molecule has 0 saturated heterocycles. The van der Waals surface area contributed by atoms with Gasteiger partial charge in [-0.2, -0.15) is 0 Å². The van der Waals surface area contributed by atoms with Gasteiger partial charge in [0.05, 0.1) is 5.92 Å². The maximum atomic E-state index is 6.56. The minimum Gasteiger partial charge on any atom is -0.485 e. The third-order valence-corrected chi connectivity index (χ3v) is 9.88. The first-order valence-corrected chi connectivity index (χ1v) is 16.7. The van der Waals surface area contributed by atoms with Gasteiger partial charge in [0.2, 0.25) is 0 Å². The van der Waals surface area contributed by atoms with Gasteiger partial charge in [-0.15, -0.1) is 0 Å². The SMILES string of the molecule is C1=CC2Oc3ccc(-c4ccc5c6ccccc6c6ccccc6c5c4)cc3C2C(c2nc(-c3ccccc3)nc(-c3ccccc3)n2)=C1. The molecular formula is C45H29N3O. The van der Waals surface area contributed by atoms with Gasteiger partial charge >= 0.3 is 0 Å². The number of fused-ring (bicyclic) bond motifs is 9. The molecule has 8 aromatic rings. The van der Waals surface area contributed by atoms with E-state index in [-0.39, 0.29) is 12.0 Å². The van der Waals surface area contributed by atoms with Crippen LogP contribution in [0.1, 0.15) is 17.3 Å². The highest BCUT2D eigenvalue weighted by Crippen LogP contribution is 2.49. The van der Waals surface area contributed by atoms with E-state index in [0.717, 1.165) is 33.6 Å². The minimum atomic E-state index is -0.144. The van der Waals surface area contributed by atoms with Crippen molar-refractivity contribution in [2.45, 2.75) is 12.0 Å². The summed E-state index contributed by atoms with van der Waals surface area (Å²) in [6.45, 7) is 0. The molecule has 1 aromatic heterocycles. The van der Waals surface area contributed by atoms with E-state index in [1.165, 1.54) is 37.9 Å². The van der Waals surface area contributed by atoms with Crippen LogP contribution in [0.2, 0.25) is 0 Å². The van der Waals surface area contributed by atoms with Crippen LogP contribution in [0.15, 0.2) is 164 Å². The fraction of sp³-hybridized carbons (Fsp3) is 0.0444. The molecule has 1 aliphatic carbocycles. The second-order valence-corrected chi connectivity index (χ2v) is 12.7. The number of ether oxygens (including phenoxy) is 1. The summed E-state index contributed by atoms with van der Waals surface area (Å²) in [6, 6.07) is 51.2. The van der Waals surface area contributed by atoms with Crippen LogP contribution >= 0.6 is 0 Å². The van der Waals surface area contributed by atoms with Gasteiger partial charge in [0.1, 0.15) is 11.9 Å². The second-order valence-electron chi connectivity index (χ2n) is 12.7. The predicted molar refractivity (Wildman–Crippen MR) is 199 cm³/mol. The van der Waals surface area contributed by atoms with E-state index < -0.39 is 0 Å². The van der Waals surface area contributed by atoms with E-state index in [1.807, 2.05) is 60.7 Å². The monoisotopic (exact) mass is 627 g/mol. The van der Waals surface area contributed by atoms with E-state index in [0.29, 0.717) is 17.5 Å². The highest BCUT2D eigenvalue weighted by atomic mass is 16.5. The summed E-state index contributed by atoms with van der Waals surface area (Å²) in [4.78, 5) is 15.1. The van der Waals surface area contributed by atoms with E-state index in [9.17, 15) is 0 Å². The number of aromatic nitrogens is 3. The van der Waals surface area contributed by atoms with Gasteiger partial charge in [0, 0.05) is 22.3 Å². The number of rotatable bonds is 4. The lowest BCUT2D eigenvalue weighted by atomic mass is 9.83. The zero-order valence-corrected chi connectivity index (χ0v) is 26.5. The molecular weight excluding hydrogens is 599 g/mol. The molecule has 4 heteroatoms. The first kappa shape index (κ1) is 27.7. The van der Waals surface area contributed by atoms with Crippen LogP contribution in [0.5, 0.6) is 5.75 Å². The van der Waals surface area contributed by atoms with Gasteiger partial charge in [0.15, 0.2) is 17.5 Å². The van der Waals surface area contributed by atoms with Gasteiger partial charge in [-0.3, -0.25) is 0 Å². The number of allylic oxidation sites excluding steroid dienone is 2. The largest absolute Gasteiger partial charge is 0.485 e. The van der Waals surface area contributed by atoms with Crippen LogP contribution in [-0.2, 0) is 0 Å². The number of nitrogens with zero attached hydrogens (tertiary/aromatic N) is 3. The van der Waals surface area contributed by atoms with E-state index in [2.05, 4.69) is 103 Å². The smallest absolute Gasteiger partial charge is 0.164 e. The Balaban J connectivity index is 1.11. The van der Waals surface area contributed by atoms with Crippen molar-refractivity contribution in [3.63, 3.8) is 0 Å². The fourth-order valence-corrected chi connectivity index (χ4v) is 7.58. The Morgan fingerprint density at radius 2 is 0.939 bits per heavy atom. The van der Waals surface area contributed by atoms with Crippen LogP contribution in [0.4, 0.5) is 0 Å². The van der Waals surface area contributed by atoms with E-state index >= 15 is 0 Å². The van der Waals surface area contributed by atoms with Crippen molar-refractivity contribution in [3.8, 4) is 39.7 Å². The molecule has 0 amide bonds. The maximum Gasteiger partial charge on any atom is 0.164 e. The molecule has 0 bridgehead atoms. The highest BCUT2D eigenvalue weighted by molar-refractivity contribution is 6.25. The zero-order chi connectivity index (χ0) is 32.3. The van der Waals surface area contributed by atoms with Crippen LogP contribution < -0.4 is 4.74 Å². The Morgan fingerprint density at radius 3 is 1.57 bits per heavy atom. The van der Waals surface area contributed by atoms with Crippen molar-refractivity contribution >= 4 is 37.9 Å². The molecule has 4 nitrogen and oxygen atoms in total. The Hall–Kier alpha value is -6.39. The summed E-state index contributed by atoms with van der Waals surface area (Å²) in [5, 5.41) is 7.63. The van der Waals surface area contributed by atoms with Crippen molar-refractivity contribution in [1.82, 2.24) is 15.0 Å². The zero-order valence-electron chi connectivity index (χ0n) is 26.5. The third kappa shape index (κ3) is 4.56. The average molecular weight is 628 g/mol. The summed E-state index contributed by atoms with van der Waals surface area (Å²) in [5.74, 6) is 2.81. The molecule has 7 aromatic carbocycles. The average Bonchev–Trinajstić information content (AvgIpc) is 3.57. The quantitative estimate of drug-likeness (QED) is 0.182. The summed E-state index contributed by atoms with van der Waals surface area (Å²) in [6.07, 6.45) is 6.20. The van der Waals surface area contributed by atoms with Crippen LogP contribution in [0.3, 0.4) is 0 Å². The second kappa shape index (κ2) is 11.1. The predicted octanol–water partition coefficient (Wildman–Crippen LogP) is 10.8. The summed E-state index contributed by atoms with van der Waals surface area (Å²) < 4.78 is 6.56. The molecule has 0 saturated carbocycles. The molecule has 2 unspecified atom stereocenters. The van der Waals surface area contributed by atoms with Crippen molar-refractivity contribution in [3.05, 3.63) is 175 Å². The first-order valence-electron chi connectivity index (χ1n) is 16.7. The van der Waals surface area contributed by atoms with Crippen LogP contribution in [-0.4, -0.2) is 21.1 Å². The maximum absolute atomic E-state index is 6.56. The molecule has 1 aliphatic heterocycles. The van der Waals surface area contributed by atoms with Crippen molar-refractivity contribution in [2.75, 3.05) is 0 Å². The Morgan fingerprint density at radius 1 is 0.429 bits per heavy atom. The van der Waals surface area contributed by atoms with Gasteiger partial charge in [-0.1, -0.05) is 140 Å². The van der Waals surface area contributed by atoms with Crippen LogP contribution in [0, 0.1) is 0 Å². The fourth-order valence-electron chi connectivity index (χ4n) is 7.58. The summed E-state index contributed by atoms with van der Waals surface area (Å²) >= 11 is 0. The first-order chi connectivity index (χ1) is 24.3. The third-order valence-electron chi connectivity index (χ3n) is 9.88. The molecule has 0 radical (unpaired) electrons. The molecule has 49 heavy (non-hydrogen) atoms. The Labute approximate surface area is 283 Å².